The number of methoxy groups -OCH3 is 1. The van der Waals surface area contributed by atoms with E-state index in [-0.39, 0.29) is 66.3 Å². The number of benzene rings is 3. The van der Waals surface area contributed by atoms with Crippen LogP contribution in [-0.2, 0) is 28.7 Å². The predicted octanol–water partition coefficient (Wildman–Crippen LogP) is 0.969. The summed E-state index contributed by atoms with van der Waals surface area (Å²) in [6.07, 6.45) is -10.2. The maximum Gasteiger partial charge on any atom is 0.344 e. The first-order chi connectivity index (χ1) is 27.2. The maximum atomic E-state index is 13.7. The Kier molecular flexibility index (Phi) is 13.4. The lowest BCUT2D eigenvalue weighted by atomic mass is 9.80. The molecule has 3 aromatic carbocycles. The van der Waals surface area contributed by atoms with Gasteiger partial charge in [-0.15, -0.1) is 0 Å². The molecule has 3 aromatic rings. The van der Waals surface area contributed by atoms with E-state index in [4.69, 9.17) is 34.2 Å². The largest absolute Gasteiger partial charge is 0.504 e. The first-order valence-corrected chi connectivity index (χ1v) is 18.1. The number of aliphatic hydroxyl groups excluding tert-OH is 4. The molecule has 0 amide bonds. The quantitative estimate of drug-likeness (QED) is 0.0470. The second kappa shape index (κ2) is 18.0. The average molecular weight is 801 g/mol. The lowest BCUT2D eigenvalue weighted by Crippen LogP contribution is -2.70. The van der Waals surface area contributed by atoms with E-state index in [2.05, 4.69) is 15.6 Å². The highest BCUT2D eigenvalue weighted by Gasteiger charge is 2.60. The highest BCUT2D eigenvalue weighted by molar-refractivity contribution is 5.97. The molecule has 19 nitrogen and oxygen atoms in total. The Balaban J connectivity index is 1.48. The lowest BCUT2D eigenvalue weighted by molar-refractivity contribution is -0.357. The normalized spacial score (nSPS) is 23.4. The number of carboxylic acid groups (broad SMARTS) is 1. The van der Waals surface area contributed by atoms with Crippen LogP contribution in [0.3, 0.4) is 0 Å². The smallest absolute Gasteiger partial charge is 0.344 e. The summed E-state index contributed by atoms with van der Waals surface area (Å²) in [4.78, 5) is 29.6. The zero-order valence-electron chi connectivity index (χ0n) is 31.7. The van der Waals surface area contributed by atoms with Gasteiger partial charge in [-0.05, 0) is 37.3 Å². The molecule has 1 fully saturated rings. The molecule has 11 N–H and O–H groups in total. The van der Waals surface area contributed by atoms with Gasteiger partial charge in [0.2, 0.25) is 24.1 Å². The van der Waals surface area contributed by atoms with E-state index in [1.165, 1.54) is 20.2 Å². The molecule has 0 aliphatic carbocycles. The van der Waals surface area contributed by atoms with Crippen molar-refractivity contribution in [2.24, 2.45) is 10.7 Å². The number of nitrogens with two attached hydrogens (primary N) is 1. The fourth-order valence-electron chi connectivity index (χ4n) is 6.69. The Morgan fingerprint density at radius 2 is 1.75 bits per heavy atom. The van der Waals surface area contributed by atoms with Crippen LogP contribution in [0.1, 0.15) is 57.7 Å². The number of aliphatic imine (C=N–C) groups is 1. The number of rotatable bonds is 14. The first kappa shape index (κ1) is 42.4. The van der Waals surface area contributed by atoms with Gasteiger partial charge in [-0.3, -0.25) is 4.99 Å². The van der Waals surface area contributed by atoms with Crippen LogP contribution in [0.4, 0.5) is 5.69 Å². The third-order valence-corrected chi connectivity index (χ3v) is 9.74. The summed E-state index contributed by atoms with van der Waals surface area (Å²) in [5, 5.41) is 83.0. The zero-order valence-corrected chi connectivity index (χ0v) is 31.7. The minimum Gasteiger partial charge on any atom is -0.504 e. The summed E-state index contributed by atoms with van der Waals surface area (Å²) < 4.78 is 34.3. The van der Waals surface area contributed by atoms with Crippen molar-refractivity contribution in [1.82, 2.24) is 5.32 Å². The van der Waals surface area contributed by atoms with Crippen LogP contribution < -0.4 is 35.3 Å². The topological polar surface area (TPSA) is 294 Å². The van der Waals surface area contributed by atoms with Gasteiger partial charge in [0.25, 0.3) is 0 Å². The zero-order chi connectivity index (χ0) is 41.6. The molecule has 0 aromatic heterocycles. The Morgan fingerprint density at radius 3 is 2.42 bits per heavy atom. The minimum absolute atomic E-state index is 0.00444. The number of carbonyl (C=O) groups is 2. The molecule has 6 unspecified atom stereocenters. The van der Waals surface area contributed by atoms with Crippen molar-refractivity contribution in [3.05, 3.63) is 64.2 Å². The van der Waals surface area contributed by atoms with Gasteiger partial charge in [0, 0.05) is 37.7 Å². The molecule has 5 rings (SSSR count). The van der Waals surface area contributed by atoms with Gasteiger partial charge >= 0.3 is 11.9 Å². The number of carbonyl (C=O) groups excluding carboxylic acids is 1. The van der Waals surface area contributed by atoms with Crippen molar-refractivity contribution in [3.8, 4) is 34.5 Å². The summed E-state index contributed by atoms with van der Waals surface area (Å²) in [5.41, 5.74) is 4.54. The number of fused-ring (bicyclic) bond motifs is 1. The van der Waals surface area contributed by atoms with Crippen molar-refractivity contribution in [2.45, 2.75) is 76.0 Å². The molecule has 2 heterocycles. The number of esters is 1. The van der Waals surface area contributed by atoms with Crippen LogP contribution >= 0.6 is 0 Å². The molecule has 0 saturated carbocycles. The SMILES string of the molecule is CCNc1cc(OC2OC3(CCc4c(OC)c(O)c(OCCc5cccc(CC)c5)c(O)c4C(=O)OC3O)C(O)C(O)C2O)c(OCNC(N)=NC)cc1C(=O)O. The third-order valence-electron chi connectivity index (χ3n) is 9.74. The van der Waals surface area contributed by atoms with E-state index in [9.17, 15) is 45.3 Å². The van der Waals surface area contributed by atoms with E-state index in [0.29, 0.717) is 6.42 Å². The van der Waals surface area contributed by atoms with Crippen LogP contribution in [0.2, 0.25) is 0 Å². The van der Waals surface area contributed by atoms with Gasteiger partial charge in [0.15, 0.2) is 41.3 Å². The molecular weight excluding hydrogens is 752 g/mol. The van der Waals surface area contributed by atoms with Crippen molar-refractivity contribution >= 4 is 23.6 Å². The number of aromatic carboxylic acids is 1. The molecule has 19 heteroatoms. The number of cyclic esters (lactones) is 1. The fraction of sp³-hybridized carbons (Fsp3) is 0.447. The number of hydrogen-bond acceptors (Lipinski definition) is 16. The molecule has 2 aliphatic heterocycles. The van der Waals surface area contributed by atoms with Gasteiger partial charge < -0.3 is 80.5 Å². The number of guanidine groups is 1. The number of phenolic OH excluding ortho intramolecular Hbond substituents is 2. The molecule has 0 bridgehead atoms. The molecular formula is C38H48N4O15. The van der Waals surface area contributed by atoms with Crippen molar-refractivity contribution in [2.75, 3.05) is 39.4 Å². The molecule has 2 aliphatic rings. The van der Waals surface area contributed by atoms with Crippen LogP contribution in [0.15, 0.2) is 41.4 Å². The summed E-state index contributed by atoms with van der Waals surface area (Å²) >= 11 is 0. The molecule has 1 spiro atoms. The number of ether oxygens (including phenoxy) is 6. The summed E-state index contributed by atoms with van der Waals surface area (Å²) in [5.74, 6) is -5.27. The number of aryl methyl sites for hydroxylation is 1. The lowest BCUT2D eigenvalue weighted by Gasteiger charge is -2.50. The van der Waals surface area contributed by atoms with Gasteiger partial charge in [-0.2, -0.15) is 0 Å². The molecule has 1 saturated heterocycles. The second-order valence-electron chi connectivity index (χ2n) is 13.2. The number of nitrogens with zero attached hydrogens (tertiary/aromatic N) is 1. The fourth-order valence-corrected chi connectivity index (χ4v) is 6.69. The number of anilines is 1. The van der Waals surface area contributed by atoms with Crippen LogP contribution in [0, 0.1) is 0 Å². The Labute approximate surface area is 327 Å². The van der Waals surface area contributed by atoms with Gasteiger partial charge in [-0.1, -0.05) is 31.2 Å². The first-order valence-electron chi connectivity index (χ1n) is 18.1. The molecule has 57 heavy (non-hydrogen) atoms. The Hall–Kier alpha value is -5.73. The predicted molar refractivity (Wildman–Crippen MR) is 201 cm³/mol. The maximum absolute atomic E-state index is 13.7. The minimum atomic E-state index is -2.42. The van der Waals surface area contributed by atoms with Crippen LogP contribution in [0.25, 0.3) is 0 Å². The Morgan fingerprint density at radius 1 is 1.02 bits per heavy atom. The number of aliphatic hydroxyl groups is 4. The van der Waals surface area contributed by atoms with E-state index < -0.39 is 77.7 Å². The van der Waals surface area contributed by atoms with E-state index in [0.717, 1.165) is 23.6 Å². The number of carboxylic acids is 1. The monoisotopic (exact) mass is 800 g/mol. The third kappa shape index (κ3) is 8.66. The van der Waals surface area contributed by atoms with Crippen LogP contribution in [0.5, 0.6) is 34.5 Å². The average Bonchev–Trinajstić information content (AvgIpc) is 3.19. The summed E-state index contributed by atoms with van der Waals surface area (Å²) in [6, 6.07) is 10.1. The summed E-state index contributed by atoms with van der Waals surface area (Å²) in [6.45, 7) is 3.68. The molecule has 310 valence electrons. The second-order valence-corrected chi connectivity index (χ2v) is 13.2. The van der Waals surface area contributed by atoms with Gasteiger partial charge in [0.1, 0.15) is 23.9 Å². The van der Waals surface area contributed by atoms with Crippen molar-refractivity contribution in [1.29, 1.82) is 0 Å². The van der Waals surface area contributed by atoms with Crippen LogP contribution in [-0.4, -0.2) is 124 Å². The molecule has 6 atom stereocenters. The van der Waals surface area contributed by atoms with E-state index in [1.807, 2.05) is 31.2 Å². The van der Waals surface area contributed by atoms with Crippen molar-refractivity contribution in [3.63, 3.8) is 0 Å². The molecule has 0 radical (unpaired) electrons. The number of hydrogen-bond donors (Lipinski definition) is 10. The highest BCUT2D eigenvalue weighted by atomic mass is 16.7. The van der Waals surface area contributed by atoms with E-state index >= 15 is 0 Å². The standard InChI is InChI=1S/C38H48N4O15/c1-5-18-8-7-9-19(14-18)11-13-53-31-26(43)25-20(30(52-4)29(31)46)10-12-38(36(51)56-34(25)50)32(47)27(44)28(45)35(57-38)55-24-16-22(41-6-2)21(33(48)49)15-23(24)54-17-42-37(39)40-3/h7-9,14-16,27-28,32,35-36,41,43-47,51H,5-6,10-13,17H2,1-4H3,(H,48,49)(H3,39,40,42). The van der Waals surface area contributed by atoms with Gasteiger partial charge in [-0.25, -0.2) is 9.59 Å². The van der Waals surface area contributed by atoms with Crippen molar-refractivity contribution < 1.29 is 73.8 Å². The highest BCUT2D eigenvalue weighted by Crippen LogP contribution is 2.51. The number of phenols is 2. The van der Waals surface area contributed by atoms with E-state index in [1.54, 1.807) is 6.92 Å². The number of nitrogens with one attached hydrogen (secondary N) is 2. The van der Waals surface area contributed by atoms with Gasteiger partial charge in [0.05, 0.1) is 25.0 Å². The Bertz CT molecular complexity index is 1980. The number of aromatic hydroxyl groups is 2. The summed E-state index contributed by atoms with van der Waals surface area (Å²) in [7, 11) is 2.62.